The Morgan fingerprint density at radius 3 is 2.35 bits per heavy atom. The van der Waals surface area contributed by atoms with Crippen LogP contribution < -0.4 is 0 Å². The largest absolute Gasteiger partial charge is 0.481 e. The van der Waals surface area contributed by atoms with Crippen LogP contribution in [-0.4, -0.2) is 25.5 Å². The average molecular weight is 258 g/mol. The topological polar surface area (TPSA) is 46.5 Å². The van der Waals surface area contributed by atoms with Crippen molar-refractivity contribution in [3.05, 3.63) is 12.7 Å². The van der Waals surface area contributed by atoms with Crippen LogP contribution in [0.1, 0.15) is 40.0 Å². The number of rotatable bonds is 7. The van der Waals surface area contributed by atoms with Gasteiger partial charge in [-0.25, -0.2) is 0 Å². The molecule has 0 unspecified atom stereocenters. The Labute approximate surface area is 106 Å². The van der Waals surface area contributed by atoms with E-state index >= 15 is 0 Å². The van der Waals surface area contributed by atoms with Crippen molar-refractivity contribution in [2.24, 2.45) is 0 Å². The molecule has 0 fully saturated rings. The third-order valence-electron chi connectivity index (χ3n) is 3.38. The van der Waals surface area contributed by atoms with E-state index in [0.29, 0.717) is 6.42 Å². The lowest BCUT2D eigenvalue weighted by molar-refractivity contribution is -0.137. The summed E-state index contributed by atoms with van der Waals surface area (Å²) in [6, 6.07) is 0. The van der Waals surface area contributed by atoms with Crippen LogP contribution in [0.2, 0.25) is 18.1 Å². The highest BCUT2D eigenvalue weighted by molar-refractivity contribution is 6.74. The van der Waals surface area contributed by atoms with Crippen molar-refractivity contribution in [1.82, 2.24) is 0 Å². The van der Waals surface area contributed by atoms with Gasteiger partial charge in [0.15, 0.2) is 8.32 Å². The van der Waals surface area contributed by atoms with Crippen molar-refractivity contribution in [1.29, 1.82) is 0 Å². The van der Waals surface area contributed by atoms with Crippen molar-refractivity contribution >= 4 is 14.3 Å². The number of aliphatic carboxylic acids is 1. The Hall–Kier alpha value is -0.613. The molecule has 0 radical (unpaired) electrons. The molecule has 100 valence electrons. The second-order valence-corrected chi connectivity index (χ2v) is 10.7. The fourth-order valence-corrected chi connectivity index (χ4v) is 2.69. The third kappa shape index (κ3) is 6.03. The summed E-state index contributed by atoms with van der Waals surface area (Å²) in [5.41, 5.74) is 0. The molecule has 0 aromatic heterocycles. The zero-order valence-corrected chi connectivity index (χ0v) is 12.7. The van der Waals surface area contributed by atoms with Gasteiger partial charge >= 0.3 is 5.97 Å². The van der Waals surface area contributed by atoms with Crippen LogP contribution in [-0.2, 0) is 9.22 Å². The first-order valence-electron chi connectivity index (χ1n) is 6.10. The highest BCUT2D eigenvalue weighted by atomic mass is 28.4. The minimum atomic E-state index is -1.82. The Kier molecular flexibility index (Phi) is 6.13. The van der Waals surface area contributed by atoms with Crippen molar-refractivity contribution < 1.29 is 14.3 Å². The first-order valence-corrected chi connectivity index (χ1v) is 9.01. The van der Waals surface area contributed by atoms with Crippen LogP contribution >= 0.6 is 0 Å². The van der Waals surface area contributed by atoms with Gasteiger partial charge in [0.2, 0.25) is 0 Å². The summed E-state index contributed by atoms with van der Waals surface area (Å²) in [6.07, 6.45) is 3.24. The molecule has 1 N–H and O–H groups in total. The van der Waals surface area contributed by atoms with Gasteiger partial charge < -0.3 is 9.53 Å². The number of hydrogen-bond acceptors (Lipinski definition) is 2. The molecule has 0 aliphatic carbocycles. The molecule has 0 rings (SSSR count). The lowest BCUT2D eigenvalue weighted by Crippen LogP contribution is -2.44. The van der Waals surface area contributed by atoms with Crippen molar-refractivity contribution in [3.63, 3.8) is 0 Å². The summed E-state index contributed by atoms with van der Waals surface area (Å²) in [5, 5.41) is 8.87. The van der Waals surface area contributed by atoms with Gasteiger partial charge in [-0.2, -0.15) is 0 Å². The Morgan fingerprint density at radius 1 is 1.47 bits per heavy atom. The zero-order valence-electron chi connectivity index (χ0n) is 11.7. The smallest absolute Gasteiger partial charge is 0.303 e. The van der Waals surface area contributed by atoms with Crippen LogP contribution in [0.15, 0.2) is 12.7 Å². The van der Waals surface area contributed by atoms with Crippen LogP contribution in [0.5, 0.6) is 0 Å². The van der Waals surface area contributed by atoms with E-state index in [4.69, 9.17) is 9.53 Å². The minimum absolute atomic E-state index is 0.00973. The SMILES string of the molecule is C=CC[C@H](CCC(=O)O)O[Si](C)(C)C(C)(C)C. The van der Waals surface area contributed by atoms with Gasteiger partial charge in [0, 0.05) is 12.5 Å². The molecule has 0 aromatic rings. The number of carbonyl (C=O) groups is 1. The highest BCUT2D eigenvalue weighted by Gasteiger charge is 2.38. The Morgan fingerprint density at radius 2 is 2.00 bits per heavy atom. The first kappa shape index (κ1) is 16.4. The molecule has 0 bridgehead atoms. The summed E-state index contributed by atoms with van der Waals surface area (Å²) >= 11 is 0. The number of carboxylic acids is 1. The average Bonchev–Trinajstić information content (AvgIpc) is 2.12. The van der Waals surface area contributed by atoms with Gasteiger partial charge in [0.25, 0.3) is 0 Å². The summed E-state index contributed by atoms with van der Waals surface area (Å²) in [6.45, 7) is 14.6. The molecule has 0 aliphatic heterocycles. The molecule has 17 heavy (non-hydrogen) atoms. The Balaban J connectivity index is 4.52. The molecule has 0 amide bonds. The van der Waals surface area contributed by atoms with E-state index in [0.717, 1.165) is 6.42 Å². The van der Waals surface area contributed by atoms with E-state index in [1.807, 2.05) is 0 Å². The maximum Gasteiger partial charge on any atom is 0.303 e. The fourth-order valence-electron chi connectivity index (χ4n) is 1.29. The highest BCUT2D eigenvalue weighted by Crippen LogP contribution is 2.38. The molecule has 3 nitrogen and oxygen atoms in total. The van der Waals surface area contributed by atoms with Gasteiger partial charge in [-0.1, -0.05) is 26.8 Å². The minimum Gasteiger partial charge on any atom is -0.481 e. The molecule has 0 heterocycles. The van der Waals surface area contributed by atoms with Crippen molar-refractivity contribution in [2.75, 3.05) is 0 Å². The lowest BCUT2D eigenvalue weighted by Gasteiger charge is -2.39. The monoisotopic (exact) mass is 258 g/mol. The predicted molar refractivity (Wildman–Crippen MR) is 73.8 cm³/mol. The van der Waals surface area contributed by atoms with Gasteiger partial charge in [-0.3, -0.25) is 4.79 Å². The molecule has 0 saturated heterocycles. The number of hydrogen-bond donors (Lipinski definition) is 1. The summed E-state index contributed by atoms with van der Waals surface area (Å²) in [7, 11) is -1.82. The van der Waals surface area contributed by atoms with E-state index in [-0.39, 0.29) is 17.6 Å². The van der Waals surface area contributed by atoms with Crippen molar-refractivity contribution in [3.8, 4) is 0 Å². The molecule has 4 heteroatoms. The molecular formula is C13H26O3Si. The van der Waals surface area contributed by atoms with Crippen LogP contribution in [0.4, 0.5) is 0 Å². The lowest BCUT2D eigenvalue weighted by atomic mass is 10.1. The van der Waals surface area contributed by atoms with E-state index in [1.165, 1.54) is 0 Å². The summed E-state index contributed by atoms with van der Waals surface area (Å²) in [5.74, 6) is -0.766. The third-order valence-corrected chi connectivity index (χ3v) is 7.91. The number of carboxylic acid groups (broad SMARTS) is 1. The van der Waals surface area contributed by atoms with Crippen LogP contribution in [0, 0.1) is 0 Å². The van der Waals surface area contributed by atoms with Gasteiger partial charge in [0.1, 0.15) is 0 Å². The predicted octanol–water partition coefficient (Wildman–Crippen LogP) is 3.82. The second kappa shape index (κ2) is 6.35. The van der Waals surface area contributed by atoms with Crippen LogP contribution in [0.25, 0.3) is 0 Å². The second-order valence-electron chi connectivity index (χ2n) is 5.96. The summed E-state index contributed by atoms with van der Waals surface area (Å²) in [4.78, 5) is 10.6. The van der Waals surface area contributed by atoms with Crippen LogP contribution in [0.3, 0.4) is 0 Å². The van der Waals surface area contributed by atoms with E-state index < -0.39 is 14.3 Å². The summed E-state index contributed by atoms with van der Waals surface area (Å²) < 4.78 is 6.20. The molecule has 0 saturated carbocycles. The first-order chi connectivity index (χ1) is 7.60. The van der Waals surface area contributed by atoms with E-state index in [9.17, 15) is 4.79 Å². The maximum absolute atomic E-state index is 10.6. The quantitative estimate of drug-likeness (QED) is 0.558. The van der Waals surface area contributed by atoms with Gasteiger partial charge in [-0.05, 0) is 31.0 Å². The normalized spacial score (nSPS) is 14.4. The molecule has 0 aliphatic rings. The van der Waals surface area contributed by atoms with E-state index in [2.05, 4.69) is 40.4 Å². The van der Waals surface area contributed by atoms with Gasteiger partial charge in [-0.15, -0.1) is 6.58 Å². The standard InChI is InChI=1S/C13H26O3Si/c1-7-8-11(9-10-12(14)15)16-17(5,6)13(2,3)4/h7,11H,1,8-10H2,2-6H3,(H,14,15)/t11-/m1/s1. The van der Waals surface area contributed by atoms with Crippen molar-refractivity contribution in [2.45, 2.75) is 64.3 Å². The molecular weight excluding hydrogens is 232 g/mol. The Bertz CT molecular complexity index is 266. The van der Waals surface area contributed by atoms with E-state index in [1.54, 1.807) is 6.08 Å². The molecule has 0 spiro atoms. The van der Waals surface area contributed by atoms with Gasteiger partial charge in [0.05, 0.1) is 0 Å². The fraction of sp³-hybridized carbons (Fsp3) is 0.769. The molecule has 1 atom stereocenters. The molecule has 0 aromatic carbocycles. The zero-order chi connectivity index (χ0) is 13.7. The maximum atomic E-state index is 10.6.